The molecule has 37 heavy (non-hydrogen) atoms. The van der Waals surface area contributed by atoms with Gasteiger partial charge in [-0.2, -0.15) is 13.2 Å². The summed E-state index contributed by atoms with van der Waals surface area (Å²) in [4.78, 5) is 0. The molecule has 0 radical (unpaired) electrons. The Bertz CT molecular complexity index is 1050. The van der Waals surface area contributed by atoms with E-state index in [-0.39, 0.29) is 12.2 Å². The van der Waals surface area contributed by atoms with E-state index >= 15 is 0 Å². The van der Waals surface area contributed by atoms with Crippen LogP contribution in [0.2, 0.25) is 0 Å². The molecule has 202 valence electrons. The molecule has 0 aromatic heterocycles. The third-order valence-electron chi connectivity index (χ3n) is 6.63. The molecule has 0 spiro atoms. The summed E-state index contributed by atoms with van der Waals surface area (Å²) >= 11 is 0. The molecule has 0 aliphatic carbocycles. The topological polar surface area (TPSA) is 21.3 Å². The summed E-state index contributed by atoms with van der Waals surface area (Å²) in [6.07, 6.45) is 0.491. The molecule has 2 aromatic carbocycles. The minimum Gasteiger partial charge on any atom is -0.373 e. The van der Waals surface area contributed by atoms with Gasteiger partial charge in [0.2, 0.25) is 0 Å². The highest BCUT2D eigenvalue weighted by atomic mass is 19.4. The molecular weight excluding hydrogens is 485 g/mol. The predicted molar refractivity (Wildman–Crippen MR) is 140 cm³/mol. The molecule has 2 unspecified atom stereocenters. The summed E-state index contributed by atoms with van der Waals surface area (Å²) in [5.74, 6) is 0. The molecule has 7 heteroatoms. The second kappa shape index (κ2) is 14.2. The van der Waals surface area contributed by atoms with Gasteiger partial charge in [0.25, 0.3) is 6.43 Å². The molecule has 0 saturated heterocycles. The van der Waals surface area contributed by atoms with Crippen molar-refractivity contribution in [2.75, 3.05) is 19.7 Å². The van der Waals surface area contributed by atoms with Gasteiger partial charge in [-0.3, -0.25) is 0 Å². The third-order valence-corrected chi connectivity index (χ3v) is 6.63. The van der Waals surface area contributed by atoms with Gasteiger partial charge in [0, 0.05) is 17.5 Å². The molecule has 2 atom stereocenters. The second-order valence-corrected chi connectivity index (χ2v) is 9.03. The standard InChI is InChI=1S/C30H36F5NO/c1-5-8-12-23(6-2)20-36-16-15-29(7-3,26-13-10-9-11-14-26)21-37-22(4)24-17-25(28(31)32)19-27(18-24)30(33,34)35/h5-6,8-14,17-19,22,28,36H,1,7,15-16,20-21H2,2-4H3/b12-8-,23-6+. The van der Waals surface area contributed by atoms with Crippen LogP contribution in [0.15, 0.2) is 85.0 Å². The van der Waals surface area contributed by atoms with Crippen molar-refractivity contribution in [1.29, 1.82) is 0 Å². The van der Waals surface area contributed by atoms with E-state index in [9.17, 15) is 22.0 Å². The van der Waals surface area contributed by atoms with Crippen LogP contribution in [-0.2, 0) is 16.3 Å². The highest BCUT2D eigenvalue weighted by molar-refractivity contribution is 5.34. The van der Waals surface area contributed by atoms with Gasteiger partial charge in [-0.05, 0) is 68.1 Å². The van der Waals surface area contributed by atoms with Gasteiger partial charge in [0.05, 0.1) is 18.3 Å². The van der Waals surface area contributed by atoms with Gasteiger partial charge < -0.3 is 10.1 Å². The van der Waals surface area contributed by atoms with Gasteiger partial charge in [0.1, 0.15) is 0 Å². The van der Waals surface area contributed by atoms with Gasteiger partial charge in [0.15, 0.2) is 0 Å². The summed E-state index contributed by atoms with van der Waals surface area (Å²) in [6.45, 7) is 10.9. The molecule has 0 saturated carbocycles. The van der Waals surface area contributed by atoms with Crippen LogP contribution in [0.1, 0.15) is 68.4 Å². The molecule has 2 nitrogen and oxygen atoms in total. The predicted octanol–water partition coefficient (Wildman–Crippen LogP) is 8.74. The van der Waals surface area contributed by atoms with E-state index in [1.165, 1.54) is 0 Å². The fourth-order valence-corrected chi connectivity index (χ4v) is 4.17. The van der Waals surface area contributed by atoms with Crippen molar-refractivity contribution >= 4 is 0 Å². The Hall–Kier alpha value is -2.77. The number of hydrogen-bond donors (Lipinski definition) is 1. The first-order valence-electron chi connectivity index (χ1n) is 12.4. The third kappa shape index (κ3) is 8.93. The summed E-state index contributed by atoms with van der Waals surface area (Å²) in [6, 6.07) is 12.3. The highest BCUT2D eigenvalue weighted by Crippen LogP contribution is 2.37. The van der Waals surface area contributed by atoms with E-state index in [1.54, 1.807) is 13.0 Å². The molecular formula is C30H36F5NO. The number of hydrogen-bond acceptors (Lipinski definition) is 2. The van der Waals surface area contributed by atoms with Crippen LogP contribution in [0.5, 0.6) is 0 Å². The first kappa shape index (κ1) is 30.5. The van der Waals surface area contributed by atoms with E-state index in [1.807, 2.05) is 62.4 Å². The van der Waals surface area contributed by atoms with E-state index in [0.717, 1.165) is 29.7 Å². The van der Waals surface area contributed by atoms with Gasteiger partial charge >= 0.3 is 6.18 Å². The average Bonchev–Trinajstić information content (AvgIpc) is 2.89. The number of alkyl halides is 5. The quantitative estimate of drug-likeness (QED) is 0.152. The number of halogens is 5. The monoisotopic (exact) mass is 521 g/mol. The molecule has 1 N–H and O–H groups in total. The van der Waals surface area contributed by atoms with Crippen molar-refractivity contribution < 1.29 is 26.7 Å². The lowest BCUT2D eigenvalue weighted by atomic mass is 9.76. The maximum atomic E-state index is 13.3. The highest BCUT2D eigenvalue weighted by Gasteiger charge is 2.34. The van der Waals surface area contributed by atoms with E-state index in [0.29, 0.717) is 25.6 Å². The van der Waals surface area contributed by atoms with Crippen molar-refractivity contribution in [1.82, 2.24) is 5.32 Å². The normalized spacial score (nSPS) is 15.2. The number of allylic oxidation sites excluding steroid dienone is 3. The van der Waals surface area contributed by atoms with Crippen LogP contribution in [-0.4, -0.2) is 19.7 Å². The summed E-state index contributed by atoms with van der Waals surface area (Å²) in [5, 5.41) is 3.45. The first-order chi connectivity index (χ1) is 17.6. The summed E-state index contributed by atoms with van der Waals surface area (Å²) < 4.78 is 72.8. The first-order valence-corrected chi connectivity index (χ1v) is 12.4. The lowest BCUT2D eigenvalue weighted by molar-refractivity contribution is -0.137. The SMILES string of the molecule is C=C/C=C\C(=C/C)CNCCC(CC)(COC(C)c1cc(C(F)F)cc(C(F)(F)F)c1)c1ccccc1. The Morgan fingerprint density at radius 2 is 1.73 bits per heavy atom. The molecule has 0 aliphatic rings. The molecule has 0 aliphatic heterocycles. The smallest absolute Gasteiger partial charge is 0.373 e. The zero-order valence-electron chi connectivity index (χ0n) is 21.6. The maximum Gasteiger partial charge on any atom is 0.416 e. The van der Waals surface area contributed by atoms with E-state index in [2.05, 4.69) is 11.9 Å². The van der Waals surface area contributed by atoms with Crippen LogP contribution in [0.25, 0.3) is 0 Å². The van der Waals surface area contributed by atoms with Crippen LogP contribution >= 0.6 is 0 Å². The lowest BCUT2D eigenvalue weighted by Crippen LogP contribution is -2.36. The van der Waals surface area contributed by atoms with Crippen LogP contribution in [0.3, 0.4) is 0 Å². The van der Waals surface area contributed by atoms with Crippen LogP contribution in [0.4, 0.5) is 22.0 Å². The minimum atomic E-state index is -4.73. The molecule has 0 heterocycles. The van der Waals surface area contributed by atoms with Crippen molar-refractivity contribution in [2.45, 2.75) is 57.7 Å². The van der Waals surface area contributed by atoms with E-state index < -0.39 is 35.2 Å². The number of rotatable bonds is 14. The van der Waals surface area contributed by atoms with Gasteiger partial charge in [-0.1, -0.05) is 68.1 Å². The second-order valence-electron chi connectivity index (χ2n) is 9.03. The molecule has 0 fully saturated rings. The summed E-state index contributed by atoms with van der Waals surface area (Å²) in [7, 11) is 0. The molecule has 2 aromatic rings. The van der Waals surface area contributed by atoms with Crippen LogP contribution < -0.4 is 5.32 Å². The fourth-order valence-electron chi connectivity index (χ4n) is 4.17. The van der Waals surface area contributed by atoms with Gasteiger partial charge in [-0.15, -0.1) is 0 Å². The molecule has 0 bridgehead atoms. The molecule has 2 rings (SSSR count). The Morgan fingerprint density at radius 3 is 2.30 bits per heavy atom. The number of ether oxygens (including phenoxy) is 1. The Morgan fingerprint density at radius 1 is 1.05 bits per heavy atom. The van der Waals surface area contributed by atoms with E-state index in [4.69, 9.17) is 4.74 Å². The fraction of sp³-hybridized carbons (Fsp3) is 0.400. The Labute approximate surface area is 216 Å². The number of nitrogens with one attached hydrogen (secondary N) is 1. The van der Waals surface area contributed by atoms with Crippen molar-refractivity contribution in [3.05, 3.63) is 107 Å². The minimum absolute atomic E-state index is 0.0769. The summed E-state index contributed by atoms with van der Waals surface area (Å²) in [5.41, 5.74) is 0.0678. The van der Waals surface area contributed by atoms with Gasteiger partial charge in [-0.25, -0.2) is 8.78 Å². The average molecular weight is 522 g/mol. The Kier molecular flexibility index (Phi) is 11.7. The Balaban J connectivity index is 2.23. The number of benzene rings is 2. The zero-order chi connectivity index (χ0) is 27.5. The van der Waals surface area contributed by atoms with Crippen molar-refractivity contribution in [3.8, 4) is 0 Å². The molecule has 0 amide bonds. The van der Waals surface area contributed by atoms with Crippen LogP contribution in [0, 0.1) is 0 Å². The largest absolute Gasteiger partial charge is 0.416 e. The zero-order valence-corrected chi connectivity index (χ0v) is 21.6. The lowest BCUT2D eigenvalue weighted by Gasteiger charge is -2.35. The maximum absolute atomic E-state index is 13.3. The van der Waals surface area contributed by atoms with Crippen molar-refractivity contribution in [3.63, 3.8) is 0 Å². The van der Waals surface area contributed by atoms with Crippen molar-refractivity contribution in [2.24, 2.45) is 0 Å².